The van der Waals surface area contributed by atoms with Crippen molar-refractivity contribution >= 4 is 55.1 Å². The van der Waals surface area contributed by atoms with E-state index in [1.54, 1.807) is 43.3 Å². The Morgan fingerprint density at radius 3 is 2.55 bits per heavy atom. The first-order valence-electron chi connectivity index (χ1n) is 10.2. The molecule has 0 aliphatic carbocycles. The van der Waals surface area contributed by atoms with Crippen LogP contribution in [0.3, 0.4) is 0 Å². The van der Waals surface area contributed by atoms with E-state index in [1.807, 2.05) is 30.3 Å². The number of hydrogen-bond acceptors (Lipinski definition) is 6. The first-order valence-corrected chi connectivity index (χ1v) is 11.4. The van der Waals surface area contributed by atoms with Gasteiger partial charge in [-0.25, -0.2) is 4.98 Å². The van der Waals surface area contributed by atoms with Gasteiger partial charge in [-0.2, -0.15) is 0 Å². The molecule has 0 bridgehead atoms. The van der Waals surface area contributed by atoms with Crippen molar-refractivity contribution in [2.24, 2.45) is 0 Å². The first kappa shape index (κ1) is 19.9. The number of aromatic nitrogens is 1. The van der Waals surface area contributed by atoms with Gasteiger partial charge in [-0.1, -0.05) is 35.9 Å². The maximum Gasteiger partial charge on any atom is 0.222 e. The predicted octanol–water partition coefficient (Wildman–Crippen LogP) is 6.92. The second-order valence-electron chi connectivity index (χ2n) is 7.70. The molecule has 1 N–H and O–H groups in total. The van der Waals surface area contributed by atoms with E-state index in [2.05, 4.69) is 4.98 Å². The molecule has 5 nitrogen and oxygen atoms in total. The molecule has 7 heteroatoms. The highest BCUT2D eigenvalue weighted by Gasteiger charge is 2.18. The minimum absolute atomic E-state index is 0.0118. The molecule has 0 fully saturated rings. The smallest absolute Gasteiger partial charge is 0.222 e. The second kappa shape index (κ2) is 7.40. The number of aryl methyl sites for hydroxylation is 1. The monoisotopic (exact) mass is 470 g/mol. The minimum Gasteiger partial charge on any atom is -0.460 e. The van der Waals surface area contributed by atoms with Crippen molar-refractivity contribution in [1.82, 2.24) is 4.98 Å². The maximum absolute atomic E-state index is 13.4. The lowest BCUT2D eigenvalue weighted by Gasteiger charge is -2.09. The third-order valence-corrected chi connectivity index (χ3v) is 6.96. The molecule has 3 aromatic heterocycles. The Morgan fingerprint density at radius 1 is 0.970 bits per heavy atom. The van der Waals surface area contributed by atoms with E-state index < -0.39 is 0 Å². The lowest BCUT2D eigenvalue weighted by molar-refractivity contribution is 0.533. The number of fused-ring (bicyclic) bond motifs is 4. The maximum atomic E-state index is 13.4. The molecule has 3 heterocycles. The van der Waals surface area contributed by atoms with Gasteiger partial charge in [0, 0.05) is 5.02 Å². The van der Waals surface area contributed by atoms with Gasteiger partial charge in [0.2, 0.25) is 11.0 Å². The topological polar surface area (TPSA) is 80.1 Å². The summed E-state index contributed by atoms with van der Waals surface area (Å²) in [6.45, 7) is 1.77. The number of thiazole rings is 1. The van der Waals surface area contributed by atoms with Crippen LogP contribution in [0.5, 0.6) is 0 Å². The van der Waals surface area contributed by atoms with Gasteiger partial charge in [0.1, 0.15) is 21.9 Å². The van der Waals surface area contributed by atoms with E-state index in [4.69, 9.17) is 25.8 Å². The number of halogens is 1. The molecule has 6 rings (SSSR count). The molecule has 0 amide bonds. The van der Waals surface area contributed by atoms with Gasteiger partial charge in [-0.05, 0) is 55.0 Å². The number of nitrogens with zero attached hydrogens (tertiary/aromatic N) is 1. The van der Waals surface area contributed by atoms with Crippen molar-refractivity contribution in [3.05, 3.63) is 93.3 Å². The highest BCUT2D eigenvalue weighted by Crippen LogP contribution is 2.33. The molecule has 160 valence electrons. The van der Waals surface area contributed by atoms with Gasteiger partial charge in [0.25, 0.3) is 0 Å². The van der Waals surface area contributed by atoms with Crippen LogP contribution in [0, 0.1) is 12.3 Å². The Kier molecular flexibility index (Phi) is 4.47. The summed E-state index contributed by atoms with van der Waals surface area (Å²) in [5.41, 5.74) is 3.45. The fourth-order valence-electron chi connectivity index (χ4n) is 4.07. The first-order chi connectivity index (χ1) is 16.0. The number of hydrogen-bond donors (Lipinski definition) is 1. The average Bonchev–Trinajstić information content (AvgIpc) is 3.23. The van der Waals surface area contributed by atoms with E-state index in [0.29, 0.717) is 48.9 Å². The molecule has 0 atom stereocenters. The van der Waals surface area contributed by atoms with Crippen LogP contribution >= 0.6 is 22.9 Å². The van der Waals surface area contributed by atoms with Crippen molar-refractivity contribution < 1.29 is 8.83 Å². The summed E-state index contributed by atoms with van der Waals surface area (Å²) in [5.74, 6) is 0.499. The molecule has 3 aromatic carbocycles. The van der Waals surface area contributed by atoms with E-state index in [-0.39, 0.29) is 11.0 Å². The molecule has 0 saturated heterocycles. The zero-order valence-electron chi connectivity index (χ0n) is 17.3. The molecule has 0 radical (unpaired) electrons. The van der Waals surface area contributed by atoms with E-state index >= 15 is 0 Å². The van der Waals surface area contributed by atoms with Crippen molar-refractivity contribution in [2.45, 2.75) is 6.92 Å². The summed E-state index contributed by atoms with van der Waals surface area (Å²) in [6, 6.07) is 20.1. The highest BCUT2D eigenvalue weighted by molar-refractivity contribution is 7.21. The summed E-state index contributed by atoms with van der Waals surface area (Å²) < 4.78 is 13.0. The third-order valence-electron chi connectivity index (χ3n) is 5.64. The second-order valence-corrected chi connectivity index (χ2v) is 9.17. The van der Waals surface area contributed by atoms with E-state index in [0.717, 1.165) is 15.8 Å². The average molecular weight is 471 g/mol. The van der Waals surface area contributed by atoms with Gasteiger partial charge < -0.3 is 8.83 Å². The predicted molar refractivity (Wildman–Crippen MR) is 132 cm³/mol. The van der Waals surface area contributed by atoms with Crippen molar-refractivity contribution in [3.63, 3.8) is 0 Å². The summed E-state index contributed by atoms with van der Waals surface area (Å²) in [6.07, 6.45) is 0. The molecule has 0 saturated carbocycles. The number of nitrogens with one attached hydrogen (secondary N) is 1. The lowest BCUT2D eigenvalue weighted by atomic mass is 10.0. The molecule has 6 aromatic rings. The molecular weight excluding hydrogens is 456 g/mol. The van der Waals surface area contributed by atoms with Crippen LogP contribution in [-0.2, 0) is 0 Å². The Morgan fingerprint density at radius 2 is 1.76 bits per heavy atom. The highest BCUT2D eigenvalue weighted by atomic mass is 35.5. The fourth-order valence-corrected chi connectivity index (χ4v) is 5.17. The largest absolute Gasteiger partial charge is 0.460 e. The van der Waals surface area contributed by atoms with Gasteiger partial charge in [0.15, 0.2) is 0 Å². The SMILES string of the molecule is Cc1oc2c(ccc3oc(=N)c(-c4nc5ccccc5s4)cc32)c(=O)c1-c1ccc(Cl)cc1. The summed E-state index contributed by atoms with van der Waals surface area (Å²) in [7, 11) is 0. The van der Waals surface area contributed by atoms with Crippen LogP contribution in [0.15, 0.2) is 80.4 Å². The third kappa shape index (κ3) is 3.18. The normalized spacial score (nSPS) is 11.6. The fraction of sp³-hybridized carbons (Fsp3) is 0.0385. The van der Waals surface area contributed by atoms with Crippen LogP contribution in [0.25, 0.3) is 53.9 Å². The van der Waals surface area contributed by atoms with Crippen molar-refractivity contribution in [2.75, 3.05) is 0 Å². The van der Waals surface area contributed by atoms with Crippen LogP contribution < -0.4 is 11.0 Å². The minimum atomic E-state index is -0.130. The Hall–Kier alpha value is -3.74. The molecular formula is C26H15ClN2O3S. The number of rotatable bonds is 2. The number of para-hydroxylation sites is 1. The van der Waals surface area contributed by atoms with Gasteiger partial charge >= 0.3 is 0 Å². The van der Waals surface area contributed by atoms with Gasteiger partial charge in [-0.15, -0.1) is 11.3 Å². The van der Waals surface area contributed by atoms with Crippen LogP contribution in [-0.4, -0.2) is 4.98 Å². The van der Waals surface area contributed by atoms with Crippen molar-refractivity contribution in [3.8, 4) is 21.7 Å². The molecule has 0 unspecified atom stereocenters. The van der Waals surface area contributed by atoms with E-state index in [9.17, 15) is 4.79 Å². The lowest BCUT2D eigenvalue weighted by Crippen LogP contribution is -2.08. The van der Waals surface area contributed by atoms with Crippen LogP contribution in [0.1, 0.15) is 5.76 Å². The van der Waals surface area contributed by atoms with Crippen molar-refractivity contribution in [1.29, 1.82) is 5.41 Å². The zero-order chi connectivity index (χ0) is 22.7. The zero-order valence-corrected chi connectivity index (χ0v) is 18.9. The summed E-state index contributed by atoms with van der Waals surface area (Å²) >= 11 is 7.50. The summed E-state index contributed by atoms with van der Waals surface area (Å²) in [5, 5.41) is 10.8. The quantitative estimate of drug-likeness (QED) is 0.278. The molecule has 0 spiro atoms. The molecule has 33 heavy (non-hydrogen) atoms. The Labute approximate surface area is 196 Å². The van der Waals surface area contributed by atoms with Crippen LogP contribution in [0.2, 0.25) is 5.02 Å². The van der Waals surface area contributed by atoms with Gasteiger partial charge in [-0.3, -0.25) is 10.2 Å². The Bertz CT molecular complexity index is 1800. The number of benzene rings is 3. The standard InChI is InChI=1S/C26H15ClN2O3S/c1-13-22(14-6-8-15(27)9-7-14)23(30)16-10-11-20-17(24(16)31-13)12-18(25(28)32-20)26-29-19-4-2-3-5-21(19)33-26/h2-12,28H,1H3. The Balaban J connectivity index is 1.63. The molecule has 0 aliphatic heterocycles. The van der Waals surface area contributed by atoms with Crippen LogP contribution in [0.4, 0.5) is 0 Å². The molecule has 0 aliphatic rings. The van der Waals surface area contributed by atoms with Gasteiger partial charge in [0.05, 0.1) is 32.1 Å². The summed E-state index contributed by atoms with van der Waals surface area (Å²) in [4.78, 5) is 18.1. The van der Waals surface area contributed by atoms with E-state index in [1.165, 1.54) is 11.3 Å².